The van der Waals surface area contributed by atoms with Crippen molar-refractivity contribution in [3.8, 4) is 11.5 Å². The summed E-state index contributed by atoms with van der Waals surface area (Å²) in [6.45, 7) is 0.404. The van der Waals surface area contributed by atoms with Gasteiger partial charge in [0.25, 0.3) is 11.6 Å². The van der Waals surface area contributed by atoms with Crippen molar-refractivity contribution in [1.82, 2.24) is 15.5 Å². The molecule has 1 aliphatic carbocycles. The van der Waals surface area contributed by atoms with E-state index in [1.165, 1.54) is 0 Å². The minimum Gasteiger partial charge on any atom is -0.419 e. The van der Waals surface area contributed by atoms with Crippen LogP contribution in [0.25, 0.3) is 11.5 Å². The molecule has 3 rings (SSSR count). The zero-order chi connectivity index (χ0) is 14.1. The van der Waals surface area contributed by atoms with Crippen LogP contribution < -0.4 is 5.32 Å². The molecule has 0 atom stereocenters. The van der Waals surface area contributed by atoms with Gasteiger partial charge in [-0.15, -0.1) is 10.2 Å². The highest BCUT2D eigenvalue weighted by Crippen LogP contribution is 2.29. The van der Waals surface area contributed by atoms with Gasteiger partial charge >= 0.3 is 0 Å². The fraction of sp³-hybridized carbons (Fsp3) is 0.333. The van der Waals surface area contributed by atoms with E-state index in [-0.39, 0.29) is 17.1 Å². The van der Waals surface area contributed by atoms with E-state index in [2.05, 4.69) is 15.5 Å². The Morgan fingerprint density at radius 1 is 1.45 bits per heavy atom. The van der Waals surface area contributed by atoms with Crippen molar-refractivity contribution in [2.24, 2.45) is 0 Å². The summed E-state index contributed by atoms with van der Waals surface area (Å²) >= 11 is 0. The average molecular weight is 278 g/mol. The van der Waals surface area contributed by atoms with Crippen molar-refractivity contribution in [1.29, 1.82) is 0 Å². The second-order valence-corrected chi connectivity index (χ2v) is 4.57. The lowest BCUT2D eigenvalue weighted by Gasteiger charge is -1.98. The van der Waals surface area contributed by atoms with Gasteiger partial charge in [-0.05, 0) is 25.0 Å². The van der Waals surface area contributed by atoms with Crippen LogP contribution in [0.2, 0.25) is 0 Å². The smallest absolute Gasteiger partial charge is 0.282 e. The molecule has 1 N–H and O–H groups in total. The van der Waals surface area contributed by atoms with Gasteiger partial charge in [0, 0.05) is 12.1 Å². The van der Waals surface area contributed by atoms with E-state index in [1.807, 2.05) is 0 Å². The van der Waals surface area contributed by atoms with Crippen molar-refractivity contribution >= 4 is 5.69 Å². The molecule has 1 fully saturated rings. The van der Waals surface area contributed by atoms with Crippen molar-refractivity contribution < 1.29 is 13.7 Å². The van der Waals surface area contributed by atoms with E-state index in [4.69, 9.17) is 4.42 Å². The van der Waals surface area contributed by atoms with Crippen molar-refractivity contribution in [3.63, 3.8) is 0 Å². The van der Waals surface area contributed by atoms with Crippen molar-refractivity contribution in [2.45, 2.75) is 25.4 Å². The maximum Gasteiger partial charge on any atom is 0.282 e. The molecule has 7 nitrogen and oxygen atoms in total. The molecule has 0 unspecified atom stereocenters. The summed E-state index contributed by atoms with van der Waals surface area (Å²) in [4.78, 5) is 10.3. The molecule has 8 heteroatoms. The minimum absolute atomic E-state index is 0.0137. The number of nitro groups is 1. The summed E-state index contributed by atoms with van der Waals surface area (Å²) in [5.41, 5.74) is -0.281. The molecule has 0 amide bonds. The maximum absolute atomic E-state index is 13.2. The summed E-state index contributed by atoms with van der Waals surface area (Å²) < 4.78 is 18.6. The predicted octanol–water partition coefficient (Wildman–Crippen LogP) is 2.04. The van der Waals surface area contributed by atoms with Crippen LogP contribution in [0, 0.1) is 15.9 Å². The number of rotatable bonds is 5. The molecular formula is C12H11FN4O3. The zero-order valence-electron chi connectivity index (χ0n) is 10.4. The van der Waals surface area contributed by atoms with Gasteiger partial charge in [-0.2, -0.15) is 0 Å². The molecule has 0 aliphatic heterocycles. The van der Waals surface area contributed by atoms with Crippen molar-refractivity contribution in [3.05, 3.63) is 40.0 Å². The number of hydrogen-bond donors (Lipinski definition) is 1. The SMILES string of the molecule is O=[N+]([O-])c1ccc(F)cc1-c1nnc(CNC2CC2)o1. The number of halogens is 1. The quantitative estimate of drug-likeness (QED) is 0.664. The zero-order valence-corrected chi connectivity index (χ0v) is 10.4. The van der Waals surface area contributed by atoms with Gasteiger partial charge in [-0.25, -0.2) is 4.39 Å². The Morgan fingerprint density at radius 2 is 2.25 bits per heavy atom. The van der Waals surface area contributed by atoms with Crippen LogP contribution in [0.4, 0.5) is 10.1 Å². The van der Waals surface area contributed by atoms with E-state index < -0.39 is 10.7 Å². The Kier molecular flexibility index (Phi) is 3.15. The minimum atomic E-state index is -0.610. The molecule has 0 bridgehead atoms. The van der Waals surface area contributed by atoms with Crippen LogP contribution >= 0.6 is 0 Å². The van der Waals surface area contributed by atoms with E-state index in [0.29, 0.717) is 18.5 Å². The molecule has 1 aliphatic rings. The number of hydrogen-bond acceptors (Lipinski definition) is 6. The van der Waals surface area contributed by atoms with E-state index in [0.717, 1.165) is 31.0 Å². The summed E-state index contributed by atoms with van der Waals surface area (Å²) in [6.07, 6.45) is 2.24. The lowest BCUT2D eigenvalue weighted by atomic mass is 10.2. The standard InChI is InChI=1S/C12H11FN4O3/c13-7-1-4-10(17(18)19)9(5-7)12-16-15-11(20-12)6-14-8-2-3-8/h1,4-5,8,14H,2-3,6H2. The Morgan fingerprint density at radius 3 is 2.95 bits per heavy atom. The third kappa shape index (κ3) is 2.64. The third-order valence-corrected chi connectivity index (χ3v) is 2.97. The number of benzene rings is 1. The van der Waals surface area contributed by atoms with Gasteiger partial charge in [-0.3, -0.25) is 10.1 Å². The van der Waals surface area contributed by atoms with Gasteiger partial charge in [0.1, 0.15) is 11.4 Å². The summed E-state index contributed by atoms with van der Waals surface area (Å²) in [7, 11) is 0. The second-order valence-electron chi connectivity index (χ2n) is 4.57. The van der Waals surface area contributed by atoms with Crippen LogP contribution in [0.3, 0.4) is 0 Å². The van der Waals surface area contributed by atoms with E-state index >= 15 is 0 Å². The number of aromatic nitrogens is 2. The Hall–Kier alpha value is -2.35. The molecule has 104 valence electrons. The van der Waals surface area contributed by atoms with Crippen LogP contribution in [-0.4, -0.2) is 21.2 Å². The van der Waals surface area contributed by atoms with Gasteiger partial charge in [-0.1, -0.05) is 0 Å². The van der Waals surface area contributed by atoms with E-state index in [1.54, 1.807) is 0 Å². The molecule has 0 radical (unpaired) electrons. The fourth-order valence-corrected chi connectivity index (χ4v) is 1.79. The molecule has 20 heavy (non-hydrogen) atoms. The third-order valence-electron chi connectivity index (χ3n) is 2.97. The molecule has 0 saturated heterocycles. The first-order valence-electron chi connectivity index (χ1n) is 6.13. The lowest BCUT2D eigenvalue weighted by molar-refractivity contribution is -0.384. The molecular weight excluding hydrogens is 267 g/mol. The van der Waals surface area contributed by atoms with Gasteiger partial charge in [0.05, 0.1) is 11.5 Å². The first-order chi connectivity index (χ1) is 9.63. The highest BCUT2D eigenvalue weighted by molar-refractivity contribution is 5.66. The summed E-state index contributed by atoms with van der Waals surface area (Å²) in [5, 5.41) is 21.6. The molecule has 0 spiro atoms. The average Bonchev–Trinajstić information content (AvgIpc) is 3.13. The summed E-state index contributed by atoms with van der Waals surface area (Å²) in [6, 6.07) is 3.60. The normalized spacial score (nSPS) is 14.4. The van der Waals surface area contributed by atoms with Gasteiger partial charge in [0.2, 0.25) is 5.89 Å². The Balaban J connectivity index is 1.87. The molecule has 2 aromatic rings. The molecule has 1 heterocycles. The highest BCUT2D eigenvalue weighted by atomic mass is 19.1. The Bertz CT molecular complexity index is 654. The topological polar surface area (TPSA) is 94.1 Å². The molecule has 1 aromatic carbocycles. The number of nitrogens with one attached hydrogen (secondary N) is 1. The fourth-order valence-electron chi connectivity index (χ4n) is 1.79. The molecule has 1 aromatic heterocycles. The first kappa shape index (κ1) is 12.7. The predicted molar refractivity (Wildman–Crippen MR) is 66.2 cm³/mol. The Labute approximate surface area is 113 Å². The number of nitro benzene ring substituents is 1. The van der Waals surface area contributed by atoms with Crippen molar-refractivity contribution in [2.75, 3.05) is 0 Å². The summed E-state index contributed by atoms with van der Waals surface area (Å²) in [5.74, 6) is -0.323. The first-order valence-corrected chi connectivity index (χ1v) is 6.13. The monoisotopic (exact) mass is 278 g/mol. The highest BCUT2D eigenvalue weighted by Gasteiger charge is 2.23. The van der Waals surface area contributed by atoms with E-state index in [9.17, 15) is 14.5 Å². The largest absolute Gasteiger partial charge is 0.419 e. The van der Waals surface area contributed by atoms with Crippen LogP contribution in [-0.2, 0) is 6.54 Å². The van der Waals surface area contributed by atoms with Crippen LogP contribution in [0.1, 0.15) is 18.7 Å². The second kappa shape index (κ2) is 4.97. The molecule has 1 saturated carbocycles. The van der Waals surface area contributed by atoms with Crippen LogP contribution in [0.15, 0.2) is 22.6 Å². The van der Waals surface area contributed by atoms with Gasteiger partial charge in [0.15, 0.2) is 0 Å². The number of nitrogens with zero attached hydrogens (tertiary/aromatic N) is 3. The van der Waals surface area contributed by atoms with Crippen LogP contribution in [0.5, 0.6) is 0 Å². The lowest BCUT2D eigenvalue weighted by Crippen LogP contribution is -2.15. The van der Waals surface area contributed by atoms with Gasteiger partial charge < -0.3 is 9.73 Å². The maximum atomic E-state index is 13.2.